The molecular formula is C19H19N3O6S2. The van der Waals surface area contributed by atoms with Gasteiger partial charge >= 0.3 is 0 Å². The predicted molar refractivity (Wildman–Crippen MR) is 106 cm³/mol. The van der Waals surface area contributed by atoms with Gasteiger partial charge in [-0.1, -0.05) is 30.3 Å². The fourth-order valence-electron chi connectivity index (χ4n) is 3.53. The number of carbonyl (C=O) groups is 2. The van der Waals surface area contributed by atoms with Crippen molar-refractivity contribution in [2.75, 3.05) is 32.7 Å². The summed E-state index contributed by atoms with van der Waals surface area (Å²) in [5.74, 6) is -1.28. The van der Waals surface area contributed by atoms with Crippen LogP contribution in [0.25, 0.3) is 0 Å². The number of sulfonamides is 2. The number of nitrogens with zero attached hydrogens (tertiary/aromatic N) is 3. The highest BCUT2D eigenvalue weighted by atomic mass is 32.2. The summed E-state index contributed by atoms with van der Waals surface area (Å²) < 4.78 is 52.4. The van der Waals surface area contributed by atoms with Crippen LogP contribution in [0.1, 0.15) is 10.4 Å². The summed E-state index contributed by atoms with van der Waals surface area (Å²) in [5, 5.41) is 0. The van der Waals surface area contributed by atoms with Crippen molar-refractivity contribution in [1.29, 1.82) is 0 Å². The minimum absolute atomic E-state index is 0.0454. The van der Waals surface area contributed by atoms with Crippen molar-refractivity contribution < 1.29 is 26.4 Å². The Labute approximate surface area is 174 Å². The fourth-order valence-corrected chi connectivity index (χ4v) is 6.49. The second-order valence-electron chi connectivity index (χ2n) is 6.91. The van der Waals surface area contributed by atoms with Crippen LogP contribution in [0.15, 0.2) is 64.4 Å². The molecule has 1 saturated heterocycles. The zero-order valence-electron chi connectivity index (χ0n) is 15.8. The van der Waals surface area contributed by atoms with Gasteiger partial charge in [-0.3, -0.25) is 9.59 Å². The van der Waals surface area contributed by atoms with Gasteiger partial charge in [-0.05, 0) is 24.3 Å². The number of carbonyl (C=O) groups excluding carboxylic acids is 2. The molecule has 0 radical (unpaired) electrons. The number of amides is 2. The van der Waals surface area contributed by atoms with E-state index >= 15 is 0 Å². The third kappa shape index (κ3) is 3.38. The molecule has 0 aromatic heterocycles. The highest BCUT2D eigenvalue weighted by molar-refractivity contribution is 7.90. The Morgan fingerprint density at radius 3 is 2.13 bits per heavy atom. The van der Waals surface area contributed by atoms with Crippen molar-refractivity contribution in [2.24, 2.45) is 0 Å². The Bertz CT molecular complexity index is 1200. The predicted octanol–water partition coefficient (Wildman–Crippen LogP) is 0.364. The van der Waals surface area contributed by atoms with Crippen LogP contribution >= 0.6 is 0 Å². The third-order valence-corrected chi connectivity index (χ3v) is 8.86. The van der Waals surface area contributed by atoms with E-state index < -0.39 is 38.4 Å². The number of rotatable bonds is 4. The van der Waals surface area contributed by atoms with Gasteiger partial charge in [0.05, 0.1) is 10.5 Å². The fraction of sp³-hybridized carbons (Fsp3) is 0.263. The van der Waals surface area contributed by atoms with Crippen molar-refractivity contribution in [3.8, 4) is 0 Å². The van der Waals surface area contributed by atoms with E-state index in [1.165, 1.54) is 39.5 Å². The summed E-state index contributed by atoms with van der Waals surface area (Å²) >= 11 is 0. The van der Waals surface area contributed by atoms with Crippen LogP contribution in [0, 0.1) is 0 Å². The summed E-state index contributed by atoms with van der Waals surface area (Å²) in [5.41, 5.74) is 0.0454. The Hall–Kier alpha value is -2.76. The number of hydrogen-bond donors (Lipinski definition) is 0. The summed E-state index contributed by atoms with van der Waals surface area (Å²) in [7, 11) is -7.73. The van der Waals surface area contributed by atoms with E-state index in [1.54, 1.807) is 24.3 Å². The number of fused-ring (bicyclic) bond motifs is 1. The van der Waals surface area contributed by atoms with Gasteiger partial charge in [0.1, 0.15) is 11.4 Å². The molecular weight excluding hydrogens is 430 g/mol. The molecule has 0 bridgehead atoms. The lowest BCUT2D eigenvalue weighted by atomic mass is 10.2. The Morgan fingerprint density at radius 1 is 0.900 bits per heavy atom. The first-order chi connectivity index (χ1) is 14.2. The molecule has 2 aromatic carbocycles. The van der Waals surface area contributed by atoms with Gasteiger partial charge in [0.25, 0.3) is 15.9 Å². The monoisotopic (exact) mass is 449 g/mol. The topological polar surface area (TPSA) is 112 Å². The molecule has 0 spiro atoms. The van der Waals surface area contributed by atoms with Crippen LogP contribution < -0.4 is 0 Å². The highest BCUT2D eigenvalue weighted by Gasteiger charge is 2.42. The maximum atomic E-state index is 12.7. The summed E-state index contributed by atoms with van der Waals surface area (Å²) in [6.07, 6.45) is 0. The summed E-state index contributed by atoms with van der Waals surface area (Å²) in [6.45, 7) is -0.213. The third-order valence-electron chi connectivity index (χ3n) is 5.16. The Kier molecular flexibility index (Phi) is 5.12. The van der Waals surface area contributed by atoms with Crippen LogP contribution in [0.3, 0.4) is 0 Å². The molecule has 4 rings (SSSR count). The van der Waals surface area contributed by atoms with Crippen molar-refractivity contribution in [3.05, 3.63) is 60.2 Å². The van der Waals surface area contributed by atoms with Crippen molar-refractivity contribution in [2.45, 2.75) is 9.79 Å². The minimum Gasteiger partial charge on any atom is -0.338 e. The molecule has 0 aliphatic carbocycles. The van der Waals surface area contributed by atoms with E-state index in [2.05, 4.69) is 0 Å². The molecule has 11 heteroatoms. The van der Waals surface area contributed by atoms with Gasteiger partial charge in [0.2, 0.25) is 15.9 Å². The van der Waals surface area contributed by atoms with E-state index in [9.17, 15) is 26.4 Å². The molecule has 2 aliphatic heterocycles. The molecule has 1 fully saturated rings. The number of hydrogen-bond acceptors (Lipinski definition) is 6. The van der Waals surface area contributed by atoms with Gasteiger partial charge in [-0.25, -0.2) is 21.1 Å². The van der Waals surface area contributed by atoms with Crippen LogP contribution in [0.4, 0.5) is 0 Å². The lowest BCUT2D eigenvalue weighted by molar-refractivity contribution is -0.132. The van der Waals surface area contributed by atoms with E-state index in [0.29, 0.717) is 4.31 Å². The first kappa shape index (κ1) is 20.5. The molecule has 0 N–H and O–H groups in total. The van der Waals surface area contributed by atoms with Gasteiger partial charge < -0.3 is 4.90 Å². The standard InChI is InChI=1S/C19H19N3O6S2/c23-18(14-22-19(24)16-8-4-5-9-17(16)30(22,27)28)20-10-12-21(13-11-20)29(25,26)15-6-2-1-3-7-15/h1-9H,10-14H2. The van der Waals surface area contributed by atoms with Gasteiger partial charge in [-0.15, -0.1) is 0 Å². The smallest absolute Gasteiger partial charge is 0.269 e. The molecule has 2 aromatic rings. The first-order valence-corrected chi connectivity index (χ1v) is 12.1. The lowest BCUT2D eigenvalue weighted by Gasteiger charge is -2.34. The van der Waals surface area contributed by atoms with Crippen LogP contribution in [-0.2, 0) is 24.8 Å². The van der Waals surface area contributed by atoms with Gasteiger partial charge in [-0.2, -0.15) is 4.31 Å². The molecule has 30 heavy (non-hydrogen) atoms. The van der Waals surface area contributed by atoms with Gasteiger partial charge in [0, 0.05) is 26.2 Å². The van der Waals surface area contributed by atoms with Crippen molar-refractivity contribution in [1.82, 2.24) is 13.5 Å². The molecule has 0 unspecified atom stereocenters. The Balaban J connectivity index is 1.43. The normalized spacial score (nSPS) is 19.0. The van der Waals surface area contributed by atoms with Crippen LogP contribution in [-0.4, -0.2) is 74.9 Å². The minimum atomic E-state index is -4.07. The van der Waals surface area contributed by atoms with E-state index in [1.807, 2.05) is 0 Å². The molecule has 158 valence electrons. The first-order valence-electron chi connectivity index (χ1n) is 9.22. The molecule has 2 heterocycles. The molecule has 2 aliphatic rings. The average Bonchev–Trinajstić information content (AvgIpc) is 2.95. The van der Waals surface area contributed by atoms with Crippen LogP contribution in [0.5, 0.6) is 0 Å². The average molecular weight is 450 g/mol. The molecule has 2 amide bonds. The lowest BCUT2D eigenvalue weighted by Crippen LogP contribution is -2.53. The van der Waals surface area contributed by atoms with Crippen molar-refractivity contribution >= 4 is 31.9 Å². The van der Waals surface area contributed by atoms with Gasteiger partial charge in [0.15, 0.2) is 0 Å². The molecule has 0 atom stereocenters. The maximum Gasteiger partial charge on any atom is 0.269 e. The largest absolute Gasteiger partial charge is 0.338 e. The van der Waals surface area contributed by atoms with E-state index in [4.69, 9.17) is 0 Å². The highest BCUT2D eigenvalue weighted by Crippen LogP contribution is 2.29. The maximum absolute atomic E-state index is 12.7. The van der Waals surface area contributed by atoms with E-state index in [-0.39, 0.29) is 41.5 Å². The summed E-state index contributed by atoms with van der Waals surface area (Å²) in [4.78, 5) is 26.6. The second kappa shape index (κ2) is 7.49. The number of benzene rings is 2. The second-order valence-corrected chi connectivity index (χ2v) is 10.7. The number of piperazine rings is 1. The van der Waals surface area contributed by atoms with Crippen molar-refractivity contribution in [3.63, 3.8) is 0 Å². The Morgan fingerprint density at radius 2 is 1.50 bits per heavy atom. The quantitative estimate of drug-likeness (QED) is 0.666. The SMILES string of the molecule is O=C(CN1C(=O)c2ccccc2S1(=O)=O)N1CCN(S(=O)(=O)c2ccccc2)CC1. The van der Waals surface area contributed by atoms with E-state index in [0.717, 1.165) is 0 Å². The van der Waals surface area contributed by atoms with Crippen LogP contribution in [0.2, 0.25) is 0 Å². The zero-order valence-corrected chi connectivity index (χ0v) is 17.5. The molecule has 9 nitrogen and oxygen atoms in total. The zero-order chi connectivity index (χ0) is 21.5. The summed E-state index contributed by atoms with van der Waals surface area (Å²) in [6, 6.07) is 13.8. The molecule has 0 saturated carbocycles.